The Balaban J connectivity index is 2.00. The fraction of sp³-hybridized carbons (Fsp3) is 1.00. The van der Waals surface area contributed by atoms with Crippen molar-refractivity contribution in [1.82, 2.24) is 10.2 Å². The van der Waals surface area contributed by atoms with Crippen molar-refractivity contribution in [3.63, 3.8) is 0 Å². The first-order valence-corrected chi connectivity index (χ1v) is 7.08. The molecule has 2 nitrogen and oxygen atoms in total. The second kappa shape index (κ2) is 7.29. The van der Waals surface area contributed by atoms with Gasteiger partial charge >= 0.3 is 0 Å². The lowest BCUT2D eigenvalue weighted by Gasteiger charge is -2.25. The quantitative estimate of drug-likeness (QED) is 0.650. The molecular weight excluding hydrogens is 196 g/mol. The molecule has 0 aliphatic heterocycles. The second-order valence-corrected chi connectivity index (χ2v) is 5.56. The molecule has 0 radical (unpaired) electrons. The minimum Gasteiger partial charge on any atom is -0.314 e. The van der Waals surface area contributed by atoms with Crippen LogP contribution in [0.3, 0.4) is 0 Å². The van der Waals surface area contributed by atoms with E-state index in [-0.39, 0.29) is 0 Å². The highest BCUT2D eigenvalue weighted by atomic mass is 15.1. The maximum Gasteiger partial charge on any atom is 0.00921 e. The van der Waals surface area contributed by atoms with Crippen molar-refractivity contribution >= 4 is 0 Å². The van der Waals surface area contributed by atoms with Crippen LogP contribution >= 0.6 is 0 Å². The van der Waals surface area contributed by atoms with E-state index in [1.807, 2.05) is 0 Å². The van der Waals surface area contributed by atoms with Crippen LogP contribution in [0, 0.1) is 5.92 Å². The topological polar surface area (TPSA) is 15.3 Å². The molecule has 1 aliphatic carbocycles. The van der Waals surface area contributed by atoms with E-state index in [4.69, 9.17) is 0 Å². The average Bonchev–Trinajstić information content (AvgIpc) is 3.08. The molecule has 2 heteroatoms. The minimum absolute atomic E-state index is 0.685. The summed E-state index contributed by atoms with van der Waals surface area (Å²) in [5.41, 5.74) is 0. The van der Waals surface area contributed by atoms with Crippen LogP contribution in [0.5, 0.6) is 0 Å². The van der Waals surface area contributed by atoms with E-state index in [1.165, 1.54) is 38.6 Å². The molecule has 0 aromatic rings. The first kappa shape index (κ1) is 14.0. The first-order valence-electron chi connectivity index (χ1n) is 7.08. The minimum atomic E-state index is 0.685. The Bertz CT molecular complexity index is 178. The zero-order valence-electron chi connectivity index (χ0n) is 11.6. The van der Waals surface area contributed by atoms with Crippen LogP contribution in [-0.4, -0.2) is 37.1 Å². The van der Waals surface area contributed by atoms with Gasteiger partial charge in [0.25, 0.3) is 0 Å². The van der Waals surface area contributed by atoms with Crippen LogP contribution in [0.2, 0.25) is 0 Å². The summed E-state index contributed by atoms with van der Waals surface area (Å²) < 4.78 is 0. The summed E-state index contributed by atoms with van der Waals surface area (Å²) in [5, 5.41) is 3.55. The Labute approximate surface area is 102 Å². The molecule has 0 bridgehead atoms. The van der Waals surface area contributed by atoms with Crippen molar-refractivity contribution in [2.24, 2.45) is 5.92 Å². The van der Waals surface area contributed by atoms with Gasteiger partial charge in [0, 0.05) is 12.1 Å². The van der Waals surface area contributed by atoms with E-state index < -0.39 is 0 Å². The largest absolute Gasteiger partial charge is 0.314 e. The zero-order chi connectivity index (χ0) is 12.0. The van der Waals surface area contributed by atoms with Gasteiger partial charge in [-0.15, -0.1) is 0 Å². The van der Waals surface area contributed by atoms with Gasteiger partial charge in [0.2, 0.25) is 0 Å². The van der Waals surface area contributed by atoms with E-state index in [1.54, 1.807) is 0 Å². The number of hydrogen-bond donors (Lipinski definition) is 1. The summed E-state index contributed by atoms with van der Waals surface area (Å²) in [6.45, 7) is 9.34. The van der Waals surface area contributed by atoms with Gasteiger partial charge in [0.1, 0.15) is 0 Å². The summed E-state index contributed by atoms with van der Waals surface area (Å²) >= 11 is 0. The van der Waals surface area contributed by atoms with E-state index in [0.29, 0.717) is 6.04 Å². The summed E-state index contributed by atoms with van der Waals surface area (Å²) in [7, 11) is 2.28. The van der Waals surface area contributed by atoms with Gasteiger partial charge in [-0.2, -0.15) is 0 Å². The maximum absolute atomic E-state index is 3.55. The highest BCUT2D eigenvalue weighted by molar-refractivity contribution is 4.84. The van der Waals surface area contributed by atoms with Crippen LogP contribution in [0.4, 0.5) is 0 Å². The van der Waals surface area contributed by atoms with Gasteiger partial charge in [-0.1, -0.05) is 6.92 Å². The smallest absolute Gasteiger partial charge is 0.00921 e. The molecule has 0 saturated heterocycles. The van der Waals surface area contributed by atoms with Gasteiger partial charge in [-0.25, -0.2) is 0 Å². The zero-order valence-corrected chi connectivity index (χ0v) is 11.6. The number of rotatable bonds is 9. The van der Waals surface area contributed by atoms with Crippen LogP contribution in [0.25, 0.3) is 0 Å². The van der Waals surface area contributed by atoms with E-state index >= 15 is 0 Å². The lowest BCUT2D eigenvalue weighted by Crippen LogP contribution is -2.33. The fourth-order valence-electron chi connectivity index (χ4n) is 2.28. The molecule has 0 spiro atoms. The third kappa shape index (κ3) is 5.31. The highest BCUT2D eigenvalue weighted by Crippen LogP contribution is 2.34. The van der Waals surface area contributed by atoms with E-state index in [2.05, 4.69) is 38.0 Å². The molecule has 1 N–H and O–H groups in total. The lowest BCUT2D eigenvalue weighted by atomic mass is 10.1. The SMILES string of the molecule is CCCNC(C)CCCN(C)C(C)C1CC1. The first-order chi connectivity index (χ1) is 7.65. The molecule has 0 aromatic heterocycles. The number of hydrogen-bond acceptors (Lipinski definition) is 2. The third-order valence-electron chi connectivity index (χ3n) is 3.89. The van der Waals surface area contributed by atoms with Crippen molar-refractivity contribution in [2.75, 3.05) is 20.1 Å². The molecule has 0 amide bonds. The summed E-state index contributed by atoms with van der Waals surface area (Å²) in [6, 6.07) is 1.49. The van der Waals surface area contributed by atoms with Gasteiger partial charge in [0.15, 0.2) is 0 Å². The highest BCUT2D eigenvalue weighted by Gasteiger charge is 2.29. The summed E-state index contributed by atoms with van der Waals surface area (Å²) in [4.78, 5) is 2.55. The molecule has 1 aliphatic rings. The van der Waals surface area contributed by atoms with Crippen LogP contribution in [0.1, 0.15) is 52.9 Å². The molecule has 2 atom stereocenters. The van der Waals surface area contributed by atoms with Crippen LogP contribution < -0.4 is 5.32 Å². The van der Waals surface area contributed by atoms with Crippen molar-refractivity contribution in [3.05, 3.63) is 0 Å². The molecular formula is C14H30N2. The van der Waals surface area contributed by atoms with Crippen molar-refractivity contribution in [2.45, 2.75) is 65.0 Å². The van der Waals surface area contributed by atoms with E-state index in [0.717, 1.165) is 18.5 Å². The fourth-order valence-corrected chi connectivity index (χ4v) is 2.28. The molecule has 0 aromatic carbocycles. The van der Waals surface area contributed by atoms with Crippen molar-refractivity contribution in [3.8, 4) is 0 Å². The molecule has 1 fully saturated rings. The average molecular weight is 226 g/mol. The molecule has 1 saturated carbocycles. The normalized spacial score (nSPS) is 20.1. The van der Waals surface area contributed by atoms with Gasteiger partial charge < -0.3 is 10.2 Å². The Morgan fingerprint density at radius 2 is 2.00 bits per heavy atom. The van der Waals surface area contributed by atoms with E-state index in [9.17, 15) is 0 Å². The molecule has 1 rings (SSSR count). The van der Waals surface area contributed by atoms with Crippen molar-refractivity contribution < 1.29 is 0 Å². The monoisotopic (exact) mass is 226 g/mol. The lowest BCUT2D eigenvalue weighted by molar-refractivity contribution is 0.227. The predicted octanol–water partition coefficient (Wildman–Crippen LogP) is 2.89. The second-order valence-electron chi connectivity index (χ2n) is 5.56. The molecule has 0 heterocycles. The summed E-state index contributed by atoms with van der Waals surface area (Å²) in [6.07, 6.45) is 6.79. The van der Waals surface area contributed by atoms with Gasteiger partial charge in [-0.05, 0) is 72.0 Å². The molecule has 2 unspecified atom stereocenters. The third-order valence-corrected chi connectivity index (χ3v) is 3.89. The Kier molecular flexibility index (Phi) is 6.37. The Hall–Kier alpha value is -0.0800. The van der Waals surface area contributed by atoms with Gasteiger partial charge in [0.05, 0.1) is 0 Å². The number of nitrogens with one attached hydrogen (secondary N) is 1. The van der Waals surface area contributed by atoms with Gasteiger partial charge in [-0.3, -0.25) is 0 Å². The maximum atomic E-state index is 3.55. The standard InChI is InChI=1S/C14H30N2/c1-5-10-15-12(2)7-6-11-16(4)13(3)14-8-9-14/h12-15H,5-11H2,1-4H3. The van der Waals surface area contributed by atoms with Crippen molar-refractivity contribution in [1.29, 1.82) is 0 Å². The van der Waals surface area contributed by atoms with Crippen LogP contribution in [-0.2, 0) is 0 Å². The molecule has 16 heavy (non-hydrogen) atoms. The predicted molar refractivity (Wildman–Crippen MR) is 71.8 cm³/mol. The van der Waals surface area contributed by atoms with Crippen LogP contribution in [0.15, 0.2) is 0 Å². The summed E-state index contributed by atoms with van der Waals surface area (Å²) in [5.74, 6) is 1.00. The molecule has 96 valence electrons. The Morgan fingerprint density at radius 3 is 2.56 bits per heavy atom. The number of nitrogens with zero attached hydrogens (tertiary/aromatic N) is 1. The Morgan fingerprint density at radius 1 is 1.31 bits per heavy atom.